The van der Waals surface area contributed by atoms with Crippen LogP contribution in [-0.2, 0) is 45.4 Å². The molecule has 0 aromatic rings. The van der Waals surface area contributed by atoms with Crippen LogP contribution in [0.5, 0.6) is 0 Å². The number of rotatable bonds is 12. The predicted molar refractivity (Wildman–Crippen MR) is 107 cm³/mol. The maximum atomic E-state index is 11.9. The maximum absolute atomic E-state index is 11.9. The van der Waals surface area contributed by atoms with Crippen molar-refractivity contribution in [2.24, 2.45) is 0 Å². The van der Waals surface area contributed by atoms with E-state index in [0.29, 0.717) is 0 Å². The molecule has 6 N–H and O–H groups in total. The third kappa shape index (κ3) is 9.32. The van der Waals surface area contributed by atoms with E-state index in [2.05, 4.69) is 17.7 Å². The molecule has 35 heavy (non-hydrogen) atoms. The van der Waals surface area contributed by atoms with Crippen LogP contribution in [-0.4, -0.2) is 114 Å². The van der Waals surface area contributed by atoms with Crippen molar-refractivity contribution >= 4 is 46.5 Å². The lowest BCUT2D eigenvalue weighted by molar-refractivity contribution is -0.200. The molecule has 0 aliphatic carbocycles. The monoisotopic (exact) mass is 586 g/mol. The second kappa shape index (κ2) is 11.7. The van der Waals surface area contributed by atoms with Crippen LogP contribution in [0.1, 0.15) is 0 Å². The molecule has 2 heterocycles. The van der Waals surface area contributed by atoms with E-state index in [-0.39, 0.29) is 0 Å². The van der Waals surface area contributed by atoms with Gasteiger partial charge in [-0.3, -0.25) is 9.05 Å². The molecular weight excluding hydrogens is 566 g/mol. The summed E-state index contributed by atoms with van der Waals surface area (Å²) in [5.41, 5.74) is 0. The first-order valence-corrected chi connectivity index (χ1v) is 15.7. The van der Waals surface area contributed by atoms with Gasteiger partial charge >= 0.3 is 15.6 Å². The van der Waals surface area contributed by atoms with Gasteiger partial charge in [0.15, 0.2) is 15.2 Å². The van der Waals surface area contributed by atoms with Crippen molar-refractivity contribution in [1.82, 2.24) is 0 Å². The van der Waals surface area contributed by atoms with Crippen molar-refractivity contribution in [3.05, 3.63) is 0 Å². The molecule has 18 nitrogen and oxygen atoms in total. The Balaban J connectivity index is 1.89. The minimum Gasteiger partial charge on any atom is -0.778 e. The Morgan fingerprint density at radius 3 is 1.26 bits per heavy atom. The molecule has 0 spiro atoms. The summed E-state index contributed by atoms with van der Waals surface area (Å²) in [6.07, 6.45) is -9.46. The molecule has 0 aromatic carbocycles. The summed E-state index contributed by atoms with van der Waals surface area (Å²) in [7, 11) is -12.3. The minimum absolute atomic E-state index is 1.02. The molecule has 0 saturated carbocycles. The zero-order chi connectivity index (χ0) is 27.0. The fourth-order valence-corrected chi connectivity index (χ4v) is 9.39. The summed E-state index contributed by atoms with van der Waals surface area (Å²) >= 11 is 0. The highest BCUT2D eigenvalue weighted by Gasteiger charge is 2.43. The summed E-state index contributed by atoms with van der Waals surface area (Å²) in [6, 6.07) is -2.76. The highest BCUT2D eigenvalue weighted by molar-refractivity contribution is 7.75. The van der Waals surface area contributed by atoms with Crippen LogP contribution in [0.15, 0.2) is 0 Å². The molecule has 0 amide bonds. The Labute approximate surface area is 200 Å². The van der Waals surface area contributed by atoms with E-state index in [1.54, 1.807) is 0 Å². The lowest BCUT2D eigenvalue weighted by Crippen LogP contribution is -2.34. The fraction of sp³-hybridized carbons (Fsp3) is 1.00. The zero-order valence-electron chi connectivity index (χ0n) is 17.3. The molecule has 2 fully saturated rings. The van der Waals surface area contributed by atoms with Crippen molar-refractivity contribution in [2.75, 3.05) is 19.1 Å². The normalized spacial score (nSPS) is 40.5. The molecule has 12 atom stereocenters. The average Bonchev–Trinajstić information content (AvgIpc) is 3.06. The summed E-state index contributed by atoms with van der Waals surface area (Å²) in [5.74, 6) is -2.21. The quantitative estimate of drug-likeness (QED) is 0.0929. The van der Waals surface area contributed by atoms with Crippen molar-refractivity contribution < 1.29 is 85.4 Å². The number of phosphoric ester groups is 2. The Bertz CT molecular complexity index is 864. The van der Waals surface area contributed by atoms with Crippen LogP contribution < -0.4 is 9.79 Å². The second-order valence-electron chi connectivity index (χ2n) is 7.30. The van der Waals surface area contributed by atoms with Gasteiger partial charge in [0.1, 0.15) is 40.1 Å². The van der Waals surface area contributed by atoms with E-state index in [0.717, 1.165) is 0 Å². The number of phosphoric acid groups is 2. The van der Waals surface area contributed by atoms with Gasteiger partial charge < -0.3 is 58.6 Å². The average molecular weight is 586 g/mol. The van der Waals surface area contributed by atoms with Gasteiger partial charge in [-0.25, -0.2) is 17.8 Å². The van der Waals surface area contributed by atoms with Crippen LogP contribution in [0.2, 0.25) is 0 Å². The molecule has 0 bridgehead atoms. The fourth-order valence-electron chi connectivity index (χ4n) is 2.79. The van der Waals surface area contributed by atoms with E-state index < -0.39 is 98.6 Å². The highest BCUT2D eigenvalue weighted by atomic mass is 31.3. The van der Waals surface area contributed by atoms with Gasteiger partial charge in [-0.15, -0.1) is 0 Å². The van der Waals surface area contributed by atoms with Gasteiger partial charge in [0.25, 0.3) is 0 Å². The Morgan fingerprint density at radius 2 is 1.00 bits per heavy atom. The largest absolute Gasteiger partial charge is 0.778 e. The second-order valence-corrected chi connectivity index (χ2v) is 14.6. The number of ether oxygens (including phenoxy) is 2. The zero-order valence-corrected chi connectivity index (χ0v) is 20.8. The van der Waals surface area contributed by atoms with Crippen molar-refractivity contribution in [2.45, 2.75) is 48.6 Å². The van der Waals surface area contributed by atoms with Crippen LogP contribution in [0.3, 0.4) is 0 Å². The van der Waals surface area contributed by atoms with Gasteiger partial charge in [0, 0.05) is 12.0 Å². The van der Waals surface area contributed by atoms with E-state index in [1.165, 1.54) is 0 Å². The van der Waals surface area contributed by atoms with E-state index in [9.17, 15) is 58.3 Å². The number of aliphatic hydroxyl groups is 4. The first-order chi connectivity index (χ1) is 15.7. The van der Waals surface area contributed by atoms with Crippen molar-refractivity contribution in [3.8, 4) is 0 Å². The number of hydrogen-bond donors (Lipinski definition) is 6. The molecule has 7 unspecified atom stereocenters. The standard InChI is InChI=1S/C11H22B2O18P4/c12-10-8(16)6(14)4(28-10)1-26-34(22,23)30-32(18,19)3-33(20,21)31-35(24,25)27-2-5-7(15)9(17)11(13)29-5/h4-11,14-17H,1-3H2,(H,18,19)(H,20,21)(H,22,23)(H,24,25)/p-2/t4-,5-,6+,7?,8?,9?,10-,11-/m1/s1. The van der Waals surface area contributed by atoms with Crippen LogP contribution in [0.4, 0.5) is 0 Å². The van der Waals surface area contributed by atoms with Crippen molar-refractivity contribution in [1.29, 1.82) is 0 Å². The summed E-state index contributed by atoms with van der Waals surface area (Å²) in [5, 5.41) is 38.1. The predicted octanol–water partition coefficient (Wildman–Crippen LogP) is -4.45. The van der Waals surface area contributed by atoms with E-state index >= 15 is 0 Å². The Morgan fingerprint density at radius 1 is 0.686 bits per heavy atom. The van der Waals surface area contributed by atoms with E-state index in [1.807, 2.05) is 0 Å². The van der Waals surface area contributed by atoms with Gasteiger partial charge in [-0.05, 0) is 0 Å². The number of hydrogen-bond acceptors (Lipinski definition) is 16. The first kappa shape index (κ1) is 31.7. The third-order valence-electron chi connectivity index (χ3n) is 4.40. The molecule has 0 aromatic heterocycles. The van der Waals surface area contributed by atoms with Crippen LogP contribution in [0.25, 0.3) is 0 Å². The lowest BCUT2D eigenvalue weighted by Gasteiger charge is -2.32. The van der Waals surface area contributed by atoms with Gasteiger partial charge in [-0.1, -0.05) is 0 Å². The van der Waals surface area contributed by atoms with Crippen molar-refractivity contribution in [3.63, 3.8) is 0 Å². The molecule has 2 aliphatic rings. The third-order valence-corrected chi connectivity index (χ3v) is 11.8. The summed E-state index contributed by atoms with van der Waals surface area (Å²) in [6.45, 7) is -2.03. The molecule has 2 saturated heterocycles. The van der Waals surface area contributed by atoms with Gasteiger partial charge in [-0.2, -0.15) is 0 Å². The van der Waals surface area contributed by atoms with Gasteiger partial charge in [0.2, 0.25) is 0 Å². The Hall–Kier alpha value is 0.490. The summed E-state index contributed by atoms with van der Waals surface area (Å²) < 4.78 is 73.3. The Kier molecular flexibility index (Phi) is 10.6. The smallest absolute Gasteiger partial charge is 0.477 e. The maximum Gasteiger partial charge on any atom is 0.477 e. The van der Waals surface area contributed by atoms with E-state index in [4.69, 9.17) is 25.2 Å². The lowest BCUT2D eigenvalue weighted by atomic mass is 9.93. The molecule has 24 heteroatoms. The summed E-state index contributed by atoms with van der Waals surface area (Å²) in [4.78, 5) is 42.8. The molecular formula is C11H20B2O18P4-2. The first-order valence-electron chi connectivity index (χ1n) is 9.26. The topological polar surface area (TPSA) is 291 Å². The van der Waals surface area contributed by atoms with Gasteiger partial charge in [0.05, 0.1) is 31.3 Å². The molecule has 2 aliphatic heterocycles. The SMILES string of the molecule is [B][C@@H]1O[C@H](COP(=O)(O)OP(=O)([O-])CP(=O)([O-])OP(=O)(O)OC[C@H]2O[C@@H]([B])C(O)[C@H]2O)C(O)C1O. The molecule has 200 valence electrons. The van der Waals surface area contributed by atoms with Crippen LogP contribution >= 0.6 is 30.8 Å². The number of aliphatic hydroxyl groups excluding tert-OH is 4. The van der Waals surface area contributed by atoms with Crippen LogP contribution in [0, 0.1) is 0 Å². The highest BCUT2D eigenvalue weighted by Crippen LogP contribution is 2.67. The minimum atomic E-state index is -5.86. The molecule has 2 rings (SSSR count). The molecule has 4 radical (unpaired) electrons.